The van der Waals surface area contributed by atoms with Crippen LogP contribution in [0.4, 0.5) is 0 Å². The van der Waals surface area contributed by atoms with Gasteiger partial charge in [0.2, 0.25) is 0 Å². The highest BCUT2D eigenvalue weighted by atomic mass is 79.9. The Morgan fingerprint density at radius 2 is 1.78 bits per heavy atom. The molecule has 1 saturated heterocycles. The number of benzene rings is 2. The number of ether oxygens (including phenoxy) is 2. The van der Waals surface area contributed by atoms with E-state index in [1.54, 1.807) is 14.2 Å². The molecule has 5 nitrogen and oxygen atoms in total. The first-order chi connectivity index (χ1) is 13.0. The number of halogens is 1. The van der Waals surface area contributed by atoms with Gasteiger partial charge >= 0.3 is 5.97 Å². The molecule has 0 spiro atoms. The minimum Gasteiger partial charge on any atom is -0.493 e. The van der Waals surface area contributed by atoms with Crippen molar-refractivity contribution in [1.29, 1.82) is 0 Å². The molecule has 1 unspecified atom stereocenters. The number of hydrogen-bond acceptors (Lipinski definition) is 4. The summed E-state index contributed by atoms with van der Waals surface area (Å²) in [5, 5.41) is 9.32. The molecular formula is C21H24BrNO4. The van der Waals surface area contributed by atoms with Crippen LogP contribution in [0.5, 0.6) is 11.5 Å². The predicted octanol–water partition coefficient (Wildman–Crippen LogP) is 4.35. The van der Waals surface area contributed by atoms with Crippen molar-refractivity contribution in [3.63, 3.8) is 0 Å². The minimum atomic E-state index is -0.700. The zero-order valence-corrected chi connectivity index (χ0v) is 17.1. The van der Waals surface area contributed by atoms with E-state index in [9.17, 15) is 9.90 Å². The summed E-state index contributed by atoms with van der Waals surface area (Å²) < 4.78 is 12.2. The van der Waals surface area contributed by atoms with Crippen molar-refractivity contribution < 1.29 is 19.4 Å². The van der Waals surface area contributed by atoms with Crippen LogP contribution in [0.2, 0.25) is 0 Å². The molecule has 1 atom stereocenters. The lowest BCUT2D eigenvalue weighted by atomic mass is 9.91. The van der Waals surface area contributed by atoms with Gasteiger partial charge in [-0.3, -0.25) is 9.69 Å². The lowest BCUT2D eigenvalue weighted by Gasteiger charge is -2.37. The van der Waals surface area contributed by atoms with Crippen LogP contribution in [0.3, 0.4) is 0 Å². The molecule has 0 radical (unpaired) electrons. The normalized spacial score (nSPS) is 16.7. The van der Waals surface area contributed by atoms with Crippen LogP contribution in [0.1, 0.15) is 30.0 Å². The van der Waals surface area contributed by atoms with Gasteiger partial charge in [-0.25, -0.2) is 0 Å². The molecular weight excluding hydrogens is 410 g/mol. The zero-order valence-electron chi connectivity index (χ0n) is 15.5. The molecule has 1 N–H and O–H groups in total. The lowest BCUT2D eigenvalue weighted by Crippen LogP contribution is -2.39. The highest BCUT2D eigenvalue weighted by molar-refractivity contribution is 9.10. The Kier molecular flexibility index (Phi) is 6.39. The Hall–Kier alpha value is -2.05. The number of hydrogen-bond donors (Lipinski definition) is 1. The Balaban J connectivity index is 2.02. The van der Waals surface area contributed by atoms with Gasteiger partial charge in [-0.05, 0) is 49.7 Å². The third-order valence-corrected chi connectivity index (χ3v) is 5.69. The number of rotatable bonds is 6. The molecule has 1 aliphatic rings. The van der Waals surface area contributed by atoms with E-state index in [1.165, 1.54) is 0 Å². The van der Waals surface area contributed by atoms with Gasteiger partial charge in [0.15, 0.2) is 11.5 Å². The van der Waals surface area contributed by atoms with Crippen LogP contribution in [-0.2, 0) is 4.79 Å². The van der Waals surface area contributed by atoms with Gasteiger partial charge in [0, 0.05) is 10.0 Å². The molecule has 1 heterocycles. The Labute approximate surface area is 168 Å². The summed E-state index contributed by atoms with van der Waals surface area (Å²) in [6.45, 7) is 1.44. The summed E-state index contributed by atoms with van der Waals surface area (Å²) in [6.07, 6.45) is 1.29. The van der Waals surface area contributed by atoms with Crippen molar-refractivity contribution in [3.8, 4) is 11.5 Å². The van der Waals surface area contributed by atoms with E-state index in [0.29, 0.717) is 24.3 Å². The fraction of sp³-hybridized carbons (Fsp3) is 0.381. The van der Waals surface area contributed by atoms with Crippen LogP contribution in [-0.4, -0.2) is 43.3 Å². The molecule has 1 fully saturated rings. The van der Waals surface area contributed by atoms with Gasteiger partial charge in [0.25, 0.3) is 0 Å². The van der Waals surface area contributed by atoms with Gasteiger partial charge in [-0.1, -0.05) is 40.2 Å². The first-order valence-electron chi connectivity index (χ1n) is 8.98. The van der Waals surface area contributed by atoms with E-state index >= 15 is 0 Å². The number of likely N-dealkylation sites (tertiary alicyclic amines) is 1. The Morgan fingerprint density at radius 3 is 2.33 bits per heavy atom. The number of methoxy groups -OCH3 is 2. The van der Waals surface area contributed by atoms with Gasteiger partial charge in [-0.15, -0.1) is 0 Å². The number of nitrogens with zero attached hydrogens (tertiary/aromatic N) is 1. The van der Waals surface area contributed by atoms with Gasteiger partial charge < -0.3 is 14.6 Å². The summed E-state index contributed by atoms with van der Waals surface area (Å²) >= 11 is 3.50. The average molecular weight is 434 g/mol. The summed E-state index contributed by atoms with van der Waals surface area (Å²) in [5.41, 5.74) is 2.16. The topological polar surface area (TPSA) is 59.0 Å². The number of piperidine rings is 1. The number of aliphatic carboxylic acids is 1. The van der Waals surface area contributed by atoms with Crippen LogP contribution >= 0.6 is 15.9 Å². The summed E-state index contributed by atoms with van der Waals surface area (Å²) in [6, 6.07) is 14.1. The number of carboxylic acid groups (broad SMARTS) is 1. The SMILES string of the molecule is COc1cccc(C(c2ccc(Br)cc2)N2CCC(C(=O)O)CC2)c1OC. The second-order valence-corrected chi connectivity index (χ2v) is 7.60. The van der Waals surface area contributed by atoms with Gasteiger partial charge in [0.05, 0.1) is 26.2 Å². The van der Waals surface area contributed by atoms with E-state index < -0.39 is 5.97 Å². The maximum Gasteiger partial charge on any atom is 0.306 e. The van der Waals surface area contributed by atoms with E-state index in [4.69, 9.17) is 9.47 Å². The number of carbonyl (C=O) groups is 1. The van der Waals surface area contributed by atoms with Crippen molar-refractivity contribution >= 4 is 21.9 Å². The average Bonchev–Trinajstić information content (AvgIpc) is 2.69. The molecule has 144 valence electrons. The fourth-order valence-electron chi connectivity index (χ4n) is 3.76. The summed E-state index contributed by atoms with van der Waals surface area (Å²) in [7, 11) is 3.28. The van der Waals surface area contributed by atoms with E-state index in [2.05, 4.69) is 39.0 Å². The van der Waals surface area contributed by atoms with Crippen LogP contribution in [0.15, 0.2) is 46.9 Å². The highest BCUT2D eigenvalue weighted by Gasteiger charge is 2.32. The van der Waals surface area contributed by atoms with Crippen LogP contribution in [0.25, 0.3) is 0 Å². The van der Waals surface area contributed by atoms with Crippen molar-refractivity contribution in [3.05, 3.63) is 58.1 Å². The molecule has 3 rings (SSSR count). The van der Waals surface area contributed by atoms with E-state index in [1.807, 2.05) is 24.3 Å². The van der Waals surface area contributed by atoms with Crippen LogP contribution in [0, 0.1) is 5.92 Å². The lowest BCUT2D eigenvalue weighted by molar-refractivity contribution is -0.143. The van der Waals surface area contributed by atoms with Crippen molar-refractivity contribution in [2.45, 2.75) is 18.9 Å². The first-order valence-corrected chi connectivity index (χ1v) is 9.77. The quantitative estimate of drug-likeness (QED) is 0.733. The largest absolute Gasteiger partial charge is 0.493 e. The van der Waals surface area contributed by atoms with Gasteiger partial charge in [0.1, 0.15) is 0 Å². The first kappa shape index (κ1) is 19.7. The van der Waals surface area contributed by atoms with Crippen molar-refractivity contribution in [2.75, 3.05) is 27.3 Å². The summed E-state index contributed by atoms with van der Waals surface area (Å²) in [4.78, 5) is 13.7. The zero-order chi connectivity index (χ0) is 19.4. The molecule has 27 heavy (non-hydrogen) atoms. The fourth-order valence-corrected chi connectivity index (χ4v) is 4.03. The second kappa shape index (κ2) is 8.76. The molecule has 0 saturated carbocycles. The van der Waals surface area contributed by atoms with Crippen molar-refractivity contribution in [2.24, 2.45) is 5.92 Å². The summed E-state index contributed by atoms with van der Waals surface area (Å²) in [5.74, 6) is 0.443. The number of para-hydroxylation sites is 1. The predicted molar refractivity (Wildman–Crippen MR) is 107 cm³/mol. The highest BCUT2D eigenvalue weighted by Crippen LogP contribution is 2.41. The molecule has 0 amide bonds. The Morgan fingerprint density at radius 1 is 1.11 bits per heavy atom. The molecule has 2 aromatic carbocycles. The molecule has 1 aliphatic heterocycles. The number of carboxylic acids is 1. The smallest absolute Gasteiger partial charge is 0.306 e. The van der Waals surface area contributed by atoms with Crippen LogP contribution < -0.4 is 9.47 Å². The maximum atomic E-state index is 11.3. The molecule has 2 aromatic rings. The maximum absolute atomic E-state index is 11.3. The second-order valence-electron chi connectivity index (χ2n) is 6.69. The molecule has 0 bridgehead atoms. The van der Waals surface area contributed by atoms with E-state index in [0.717, 1.165) is 28.7 Å². The Bertz CT molecular complexity index is 785. The van der Waals surface area contributed by atoms with E-state index in [-0.39, 0.29) is 12.0 Å². The minimum absolute atomic E-state index is 0.0297. The molecule has 0 aliphatic carbocycles. The molecule has 0 aromatic heterocycles. The third-order valence-electron chi connectivity index (χ3n) is 5.16. The third kappa shape index (κ3) is 4.28. The standard InChI is InChI=1S/C21H24BrNO4/c1-26-18-5-3-4-17(20(18)27-2)19(14-6-8-16(22)9-7-14)23-12-10-15(11-13-23)21(24)25/h3-9,15,19H,10-13H2,1-2H3,(H,24,25). The molecule has 6 heteroatoms. The van der Waals surface area contributed by atoms with Crippen molar-refractivity contribution in [1.82, 2.24) is 4.90 Å². The van der Waals surface area contributed by atoms with Gasteiger partial charge in [-0.2, -0.15) is 0 Å². The monoisotopic (exact) mass is 433 g/mol.